The van der Waals surface area contributed by atoms with Gasteiger partial charge in [-0.1, -0.05) is 6.07 Å². The number of nitrogens with zero attached hydrogens (tertiary/aromatic N) is 1. The molecule has 2 fully saturated rings. The first-order valence-electron chi connectivity index (χ1n) is 6.97. The summed E-state index contributed by atoms with van der Waals surface area (Å²) in [5.74, 6) is -2.34. The lowest BCUT2D eigenvalue weighted by molar-refractivity contribution is -0.0755. The molecule has 2 saturated heterocycles. The Balaban J connectivity index is 1.87. The summed E-state index contributed by atoms with van der Waals surface area (Å²) < 4.78 is 38.7. The van der Waals surface area contributed by atoms with Crippen LogP contribution >= 0.6 is 0 Å². The van der Waals surface area contributed by atoms with Gasteiger partial charge in [0, 0.05) is 13.7 Å². The number of benzene rings is 1. The second-order valence-corrected chi connectivity index (χ2v) is 5.52. The monoisotopic (exact) mass is 297 g/mol. The lowest BCUT2D eigenvalue weighted by Gasteiger charge is -2.27. The van der Waals surface area contributed by atoms with Crippen molar-refractivity contribution in [2.24, 2.45) is 0 Å². The van der Waals surface area contributed by atoms with Crippen LogP contribution in [-0.4, -0.2) is 49.3 Å². The van der Waals surface area contributed by atoms with Crippen LogP contribution in [0.5, 0.6) is 0 Å². The maximum atomic E-state index is 13.8. The van der Waals surface area contributed by atoms with E-state index in [1.807, 2.05) is 0 Å². The molecule has 114 valence electrons. The maximum absolute atomic E-state index is 13.8. The number of ether oxygens (including phenoxy) is 2. The summed E-state index contributed by atoms with van der Waals surface area (Å²) in [4.78, 5) is 13.8. The standard InChI is InChI=1S/C15H17F2NO3/c1-20-12-8-18(9-15(12)6-3-7-21-15)14(19)13-10(16)4-2-5-11(13)17/h2,4-5,12H,3,6-9H2,1H3/t12-,15-/m0/s1. The first-order valence-corrected chi connectivity index (χ1v) is 6.97. The molecular weight excluding hydrogens is 280 g/mol. The van der Waals surface area contributed by atoms with E-state index in [-0.39, 0.29) is 12.6 Å². The fourth-order valence-electron chi connectivity index (χ4n) is 3.26. The molecule has 0 aromatic heterocycles. The Bertz CT molecular complexity index is 538. The summed E-state index contributed by atoms with van der Waals surface area (Å²) in [5, 5.41) is 0. The van der Waals surface area contributed by atoms with E-state index in [0.29, 0.717) is 13.2 Å². The second-order valence-electron chi connectivity index (χ2n) is 5.52. The van der Waals surface area contributed by atoms with E-state index in [0.717, 1.165) is 25.0 Å². The summed E-state index contributed by atoms with van der Waals surface area (Å²) in [6.07, 6.45) is 1.42. The fourth-order valence-corrected chi connectivity index (χ4v) is 3.26. The maximum Gasteiger partial charge on any atom is 0.260 e. The Morgan fingerprint density at radius 3 is 2.71 bits per heavy atom. The number of carbonyl (C=O) groups excluding carboxylic acids is 1. The average Bonchev–Trinajstić information content (AvgIpc) is 3.06. The highest BCUT2D eigenvalue weighted by atomic mass is 19.1. The van der Waals surface area contributed by atoms with Crippen LogP contribution in [-0.2, 0) is 9.47 Å². The summed E-state index contributed by atoms with van der Waals surface area (Å²) in [6, 6.07) is 3.41. The van der Waals surface area contributed by atoms with Gasteiger partial charge in [0.2, 0.25) is 0 Å². The van der Waals surface area contributed by atoms with Crippen LogP contribution in [0, 0.1) is 11.6 Å². The average molecular weight is 297 g/mol. The van der Waals surface area contributed by atoms with Crippen molar-refractivity contribution in [3.8, 4) is 0 Å². The minimum Gasteiger partial charge on any atom is -0.377 e. The van der Waals surface area contributed by atoms with Crippen molar-refractivity contribution in [3.05, 3.63) is 35.4 Å². The van der Waals surface area contributed by atoms with Crippen molar-refractivity contribution in [1.82, 2.24) is 4.90 Å². The molecule has 0 unspecified atom stereocenters. The minimum absolute atomic E-state index is 0.265. The smallest absolute Gasteiger partial charge is 0.260 e. The Kier molecular flexibility index (Phi) is 3.67. The molecular formula is C15H17F2NO3. The summed E-state index contributed by atoms with van der Waals surface area (Å²) in [6.45, 7) is 1.21. The van der Waals surface area contributed by atoms with Gasteiger partial charge in [-0.15, -0.1) is 0 Å². The van der Waals surface area contributed by atoms with Gasteiger partial charge in [0.25, 0.3) is 5.91 Å². The Morgan fingerprint density at radius 1 is 1.43 bits per heavy atom. The molecule has 0 aliphatic carbocycles. The molecule has 2 aliphatic rings. The molecule has 3 rings (SSSR count). The summed E-state index contributed by atoms with van der Waals surface area (Å²) in [7, 11) is 1.56. The van der Waals surface area contributed by atoms with Crippen molar-refractivity contribution in [2.45, 2.75) is 24.5 Å². The third kappa shape index (κ3) is 2.32. The van der Waals surface area contributed by atoms with Gasteiger partial charge >= 0.3 is 0 Å². The number of rotatable bonds is 2. The van der Waals surface area contributed by atoms with Crippen LogP contribution in [0.4, 0.5) is 8.78 Å². The van der Waals surface area contributed by atoms with Crippen LogP contribution in [0.2, 0.25) is 0 Å². The predicted octanol–water partition coefficient (Wildman–Crippen LogP) is 1.98. The highest BCUT2D eigenvalue weighted by Gasteiger charge is 2.51. The van der Waals surface area contributed by atoms with Crippen LogP contribution in [0.25, 0.3) is 0 Å². The highest BCUT2D eigenvalue weighted by molar-refractivity contribution is 5.95. The number of amides is 1. The second kappa shape index (κ2) is 5.35. The SMILES string of the molecule is CO[C@H]1CN(C(=O)c2c(F)cccc2F)C[C@@]12CCCO2. The van der Waals surface area contributed by atoms with Crippen LogP contribution in [0.1, 0.15) is 23.2 Å². The van der Waals surface area contributed by atoms with E-state index in [1.165, 1.54) is 11.0 Å². The number of likely N-dealkylation sites (tertiary alicyclic amines) is 1. The van der Waals surface area contributed by atoms with E-state index in [1.54, 1.807) is 7.11 Å². The van der Waals surface area contributed by atoms with Gasteiger partial charge in [-0.3, -0.25) is 4.79 Å². The zero-order valence-electron chi connectivity index (χ0n) is 11.8. The quantitative estimate of drug-likeness (QED) is 0.838. The van der Waals surface area contributed by atoms with Gasteiger partial charge in [0.1, 0.15) is 28.9 Å². The third-order valence-electron chi connectivity index (χ3n) is 4.31. The van der Waals surface area contributed by atoms with E-state index in [2.05, 4.69) is 0 Å². The normalized spacial score (nSPS) is 28.5. The highest BCUT2D eigenvalue weighted by Crippen LogP contribution is 2.37. The van der Waals surface area contributed by atoms with E-state index < -0.39 is 28.7 Å². The van der Waals surface area contributed by atoms with Crippen molar-refractivity contribution < 1.29 is 23.0 Å². The molecule has 2 atom stereocenters. The van der Waals surface area contributed by atoms with Gasteiger partial charge in [0.05, 0.1) is 13.1 Å². The molecule has 2 heterocycles. The molecule has 1 spiro atoms. The molecule has 21 heavy (non-hydrogen) atoms. The Morgan fingerprint density at radius 2 is 2.14 bits per heavy atom. The minimum atomic E-state index is -0.845. The van der Waals surface area contributed by atoms with E-state index in [9.17, 15) is 13.6 Å². The molecule has 1 amide bonds. The first kappa shape index (κ1) is 14.4. The molecule has 2 aliphatic heterocycles. The molecule has 0 saturated carbocycles. The zero-order valence-corrected chi connectivity index (χ0v) is 11.8. The molecule has 0 radical (unpaired) electrons. The number of hydrogen-bond donors (Lipinski definition) is 0. The van der Waals surface area contributed by atoms with Gasteiger partial charge in [-0.25, -0.2) is 8.78 Å². The van der Waals surface area contributed by atoms with Gasteiger partial charge in [-0.05, 0) is 25.0 Å². The molecule has 1 aromatic carbocycles. The van der Waals surface area contributed by atoms with Gasteiger partial charge in [-0.2, -0.15) is 0 Å². The molecule has 0 bridgehead atoms. The van der Waals surface area contributed by atoms with E-state index in [4.69, 9.17) is 9.47 Å². The lowest BCUT2D eigenvalue weighted by Crippen LogP contribution is -2.42. The molecule has 4 nitrogen and oxygen atoms in total. The Hall–Kier alpha value is -1.53. The molecule has 1 aromatic rings. The summed E-state index contributed by atoms with van der Waals surface area (Å²) in [5.41, 5.74) is -1.05. The zero-order chi connectivity index (χ0) is 15.0. The fraction of sp³-hybridized carbons (Fsp3) is 0.533. The number of halogens is 2. The number of hydrogen-bond acceptors (Lipinski definition) is 3. The number of methoxy groups -OCH3 is 1. The largest absolute Gasteiger partial charge is 0.377 e. The van der Waals surface area contributed by atoms with Crippen LogP contribution in [0.3, 0.4) is 0 Å². The summed E-state index contributed by atoms with van der Waals surface area (Å²) >= 11 is 0. The lowest BCUT2D eigenvalue weighted by atomic mass is 9.96. The predicted molar refractivity (Wildman–Crippen MR) is 71.0 cm³/mol. The van der Waals surface area contributed by atoms with Gasteiger partial charge in [0.15, 0.2) is 0 Å². The van der Waals surface area contributed by atoms with Crippen LogP contribution in [0.15, 0.2) is 18.2 Å². The topological polar surface area (TPSA) is 38.8 Å². The molecule has 6 heteroatoms. The first-order chi connectivity index (χ1) is 10.1. The van der Waals surface area contributed by atoms with Crippen molar-refractivity contribution in [1.29, 1.82) is 0 Å². The van der Waals surface area contributed by atoms with Crippen molar-refractivity contribution in [2.75, 3.05) is 26.8 Å². The van der Waals surface area contributed by atoms with Crippen LogP contribution < -0.4 is 0 Å². The van der Waals surface area contributed by atoms with E-state index >= 15 is 0 Å². The van der Waals surface area contributed by atoms with Crippen molar-refractivity contribution >= 4 is 5.91 Å². The Labute approximate surface area is 121 Å². The van der Waals surface area contributed by atoms with Crippen molar-refractivity contribution in [3.63, 3.8) is 0 Å². The third-order valence-corrected chi connectivity index (χ3v) is 4.31. The van der Waals surface area contributed by atoms with Gasteiger partial charge < -0.3 is 14.4 Å². The molecule has 0 N–H and O–H groups in total. The number of carbonyl (C=O) groups is 1.